The zero-order valence-electron chi connectivity index (χ0n) is 20.9. The van der Waals surface area contributed by atoms with Gasteiger partial charge in [-0.2, -0.15) is 0 Å². The second-order valence-corrected chi connectivity index (χ2v) is 10.1. The number of hydrogen-bond acceptors (Lipinski definition) is 4. The molecule has 2 aromatic rings. The van der Waals surface area contributed by atoms with E-state index in [1.807, 2.05) is 26.0 Å². The van der Waals surface area contributed by atoms with E-state index >= 15 is 0 Å². The maximum Gasteiger partial charge on any atom is 0.335 e. The Kier molecular flexibility index (Phi) is 6.11. The SMILES string of the molecule is CCCN1c2ccc(/C=C3/C(=O)NC(=O)N(c4cccc(C)c4C)C3=O)cc2C(C)CC1(C)C. The Balaban J connectivity index is 1.74. The summed E-state index contributed by atoms with van der Waals surface area (Å²) in [5.41, 5.74) is 5.48. The summed E-state index contributed by atoms with van der Waals surface area (Å²) in [7, 11) is 0. The van der Waals surface area contributed by atoms with Gasteiger partial charge in [-0.25, -0.2) is 9.69 Å². The average molecular weight is 460 g/mol. The van der Waals surface area contributed by atoms with E-state index in [1.54, 1.807) is 18.2 Å². The van der Waals surface area contributed by atoms with Crippen LogP contribution in [0, 0.1) is 13.8 Å². The van der Waals surface area contributed by atoms with Crippen molar-refractivity contribution in [2.45, 2.75) is 65.8 Å². The van der Waals surface area contributed by atoms with Gasteiger partial charge in [0.15, 0.2) is 0 Å². The predicted molar refractivity (Wildman–Crippen MR) is 136 cm³/mol. The lowest BCUT2D eigenvalue weighted by molar-refractivity contribution is -0.122. The summed E-state index contributed by atoms with van der Waals surface area (Å²) in [4.78, 5) is 42.2. The van der Waals surface area contributed by atoms with E-state index in [2.05, 4.69) is 50.0 Å². The quantitative estimate of drug-likeness (QED) is 0.486. The van der Waals surface area contributed by atoms with Crippen molar-refractivity contribution in [3.8, 4) is 0 Å². The molecule has 0 aromatic heterocycles. The van der Waals surface area contributed by atoms with Crippen molar-refractivity contribution in [2.75, 3.05) is 16.3 Å². The largest absolute Gasteiger partial charge is 0.366 e. The van der Waals surface area contributed by atoms with E-state index in [0.717, 1.165) is 41.0 Å². The van der Waals surface area contributed by atoms with Crippen LogP contribution in [0.3, 0.4) is 0 Å². The molecule has 1 N–H and O–H groups in total. The molecule has 2 aromatic carbocycles. The van der Waals surface area contributed by atoms with Gasteiger partial charge in [-0.05, 0) is 93.0 Å². The Labute approximate surface area is 201 Å². The molecule has 1 saturated heterocycles. The number of rotatable bonds is 4. The lowest BCUT2D eigenvalue weighted by atomic mass is 9.79. The summed E-state index contributed by atoms with van der Waals surface area (Å²) in [6.45, 7) is 13.7. The molecule has 0 bridgehead atoms. The summed E-state index contributed by atoms with van der Waals surface area (Å²) in [6.07, 6.45) is 3.67. The highest BCUT2D eigenvalue weighted by Gasteiger charge is 2.38. The second kappa shape index (κ2) is 8.75. The van der Waals surface area contributed by atoms with Crippen LogP contribution in [0.1, 0.15) is 68.7 Å². The molecule has 1 fully saturated rings. The second-order valence-electron chi connectivity index (χ2n) is 10.1. The molecule has 4 rings (SSSR count). The smallest absolute Gasteiger partial charge is 0.335 e. The number of aryl methyl sites for hydroxylation is 1. The molecule has 6 nitrogen and oxygen atoms in total. The van der Waals surface area contributed by atoms with Gasteiger partial charge in [-0.3, -0.25) is 14.9 Å². The van der Waals surface area contributed by atoms with E-state index in [9.17, 15) is 14.4 Å². The van der Waals surface area contributed by atoms with Crippen molar-refractivity contribution in [2.24, 2.45) is 0 Å². The molecule has 1 unspecified atom stereocenters. The Morgan fingerprint density at radius 2 is 1.82 bits per heavy atom. The number of urea groups is 1. The van der Waals surface area contributed by atoms with Crippen molar-refractivity contribution in [3.63, 3.8) is 0 Å². The number of fused-ring (bicyclic) bond motifs is 1. The number of benzene rings is 2. The van der Waals surface area contributed by atoms with Crippen molar-refractivity contribution in [1.29, 1.82) is 0 Å². The van der Waals surface area contributed by atoms with Gasteiger partial charge in [-0.15, -0.1) is 0 Å². The highest BCUT2D eigenvalue weighted by atomic mass is 16.2. The standard InChI is InChI=1S/C28H33N3O3/c1-7-13-30-24-12-11-20(14-21(24)18(3)16-28(30,5)6)15-22-25(32)29-27(34)31(26(22)33)23-10-8-9-17(2)19(23)4/h8-12,14-15,18H,7,13,16H2,1-6H3,(H,29,32,34)/b22-15-. The zero-order valence-corrected chi connectivity index (χ0v) is 20.9. The van der Waals surface area contributed by atoms with Gasteiger partial charge >= 0.3 is 6.03 Å². The van der Waals surface area contributed by atoms with Crippen molar-refractivity contribution in [1.82, 2.24) is 5.32 Å². The van der Waals surface area contributed by atoms with Gasteiger partial charge in [0.1, 0.15) is 5.57 Å². The fraction of sp³-hybridized carbons (Fsp3) is 0.393. The van der Waals surface area contributed by atoms with Gasteiger partial charge in [-0.1, -0.05) is 32.0 Å². The third-order valence-corrected chi connectivity index (χ3v) is 7.09. The molecule has 2 heterocycles. The number of carbonyl (C=O) groups excluding carboxylic acids is 3. The molecule has 2 aliphatic heterocycles. The number of hydrogen-bond donors (Lipinski definition) is 1. The van der Waals surface area contributed by atoms with Crippen LogP contribution in [0.15, 0.2) is 42.0 Å². The highest BCUT2D eigenvalue weighted by Crippen LogP contribution is 2.44. The number of amides is 4. The fourth-order valence-electron chi connectivity index (χ4n) is 5.27. The molecule has 2 aliphatic rings. The molecule has 1 atom stereocenters. The van der Waals surface area contributed by atoms with Crippen LogP contribution in [0.25, 0.3) is 6.08 Å². The normalized spacial score (nSPS) is 21.1. The molecular weight excluding hydrogens is 426 g/mol. The minimum absolute atomic E-state index is 0.0466. The molecule has 4 amide bonds. The summed E-state index contributed by atoms with van der Waals surface area (Å²) < 4.78 is 0. The Hall–Kier alpha value is -3.41. The average Bonchev–Trinajstić information content (AvgIpc) is 2.76. The number of carbonyl (C=O) groups is 3. The molecular formula is C28H33N3O3. The topological polar surface area (TPSA) is 69.7 Å². The van der Waals surface area contributed by atoms with Gasteiger partial charge < -0.3 is 4.90 Å². The molecule has 0 spiro atoms. The summed E-state index contributed by atoms with van der Waals surface area (Å²) >= 11 is 0. The van der Waals surface area contributed by atoms with Crippen molar-refractivity contribution in [3.05, 3.63) is 64.2 Å². The lowest BCUT2D eigenvalue weighted by Gasteiger charge is -2.47. The molecule has 0 aliphatic carbocycles. The molecule has 34 heavy (non-hydrogen) atoms. The van der Waals surface area contributed by atoms with E-state index < -0.39 is 17.8 Å². The van der Waals surface area contributed by atoms with Crippen LogP contribution in [0.4, 0.5) is 16.2 Å². The maximum atomic E-state index is 13.4. The van der Waals surface area contributed by atoms with Gasteiger partial charge in [0.25, 0.3) is 11.8 Å². The number of nitrogens with one attached hydrogen (secondary N) is 1. The Morgan fingerprint density at radius 3 is 2.53 bits per heavy atom. The Morgan fingerprint density at radius 1 is 1.09 bits per heavy atom. The fourth-order valence-corrected chi connectivity index (χ4v) is 5.27. The first-order valence-corrected chi connectivity index (χ1v) is 11.9. The van der Waals surface area contributed by atoms with Crippen LogP contribution in [-0.4, -0.2) is 29.9 Å². The van der Waals surface area contributed by atoms with Crippen molar-refractivity contribution >= 4 is 35.3 Å². The number of nitrogens with zero attached hydrogens (tertiary/aromatic N) is 2. The molecule has 178 valence electrons. The number of imide groups is 2. The van der Waals surface area contributed by atoms with E-state index in [-0.39, 0.29) is 11.1 Å². The van der Waals surface area contributed by atoms with E-state index in [0.29, 0.717) is 11.6 Å². The van der Waals surface area contributed by atoms with Crippen molar-refractivity contribution < 1.29 is 14.4 Å². The maximum absolute atomic E-state index is 13.4. The predicted octanol–water partition coefficient (Wildman–Crippen LogP) is 5.47. The van der Waals surface area contributed by atoms with Crippen LogP contribution in [0.2, 0.25) is 0 Å². The number of barbiturate groups is 1. The first kappa shape index (κ1) is 23.7. The third-order valence-electron chi connectivity index (χ3n) is 7.09. The monoisotopic (exact) mass is 459 g/mol. The third kappa shape index (κ3) is 4.02. The summed E-state index contributed by atoms with van der Waals surface area (Å²) in [6, 6.07) is 10.8. The van der Waals surface area contributed by atoms with Gasteiger partial charge in [0, 0.05) is 17.8 Å². The van der Waals surface area contributed by atoms with E-state index in [1.165, 1.54) is 11.3 Å². The van der Waals surface area contributed by atoms with Gasteiger partial charge in [0.2, 0.25) is 0 Å². The molecule has 6 heteroatoms. The summed E-state index contributed by atoms with van der Waals surface area (Å²) in [5, 5.41) is 2.33. The Bertz CT molecular complexity index is 1210. The zero-order chi connectivity index (χ0) is 24.8. The first-order chi connectivity index (χ1) is 16.0. The molecule has 0 saturated carbocycles. The van der Waals surface area contributed by atoms with Gasteiger partial charge in [0.05, 0.1) is 5.69 Å². The van der Waals surface area contributed by atoms with Crippen LogP contribution < -0.4 is 15.1 Å². The van der Waals surface area contributed by atoms with Crippen LogP contribution in [0.5, 0.6) is 0 Å². The lowest BCUT2D eigenvalue weighted by Crippen LogP contribution is -2.54. The first-order valence-electron chi connectivity index (χ1n) is 11.9. The number of anilines is 2. The molecule has 0 radical (unpaired) electrons. The summed E-state index contributed by atoms with van der Waals surface area (Å²) in [5.74, 6) is -0.932. The van der Waals surface area contributed by atoms with Crippen LogP contribution >= 0.6 is 0 Å². The van der Waals surface area contributed by atoms with E-state index in [4.69, 9.17) is 0 Å². The minimum atomic E-state index is -0.725. The highest BCUT2D eigenvalue weighted by molar-refractivity contribution is 6.39. The van der Waals surface area contributed by atoms with Crippen LogP contribution in [-0.2, 0) is 9.59 Å². The minimum Gasteiger partial charge on any atom is -0.366 e.